The second-order valence-corrected chi connectivity index (χ2v) is 5.50. The Bertz CT molecular complexity index is 749. The second kappa shape index (κ2) is 8.33. The number of rotatable bonds is 7. The van der Waals surface area contributed by atoms with Gasteiger partial charge in [-0.05, 0) is 31.0 Å². The van der Waals surface area contributed by atoms with Crippen molar-refractivity contribution in [3.05, 3.63) is 59.2 Å². The third-order valence-corrected chi connectivity index (χ3v) is 3.92. The van der Waals surface area contributed by atoms with Crippen LogP contribution in [0, 0.1) is 0 Å². The van der Waals surface area contributed by atoms with E-state index in [1.54, 1.807) is 37.3 Å². The Kier molecular flexibility index (Phi) is 6.17. The summed E-state index contributed by atoms with van der Waals surface area (Å²) in [7, 11) is 2.93. The Balaban J connectivity index is 2.15. The van der Waals surface area contributed by atoms with Crippen molar-refractivity contribution in [1.82, 2.24) is 0 Å². The highest BCUT2D eigenvalue weighted by Gasteiger charge is 2.23. The van der Waals surface area contributed by atoms with E-state index < -0.39 is 12.1 Å². The lowest BCUT2D eigenvalue weighted by Gasteiger charge is -2.15. The third kappa shape index (κ3) is 4.18. The van der Waals surface area contributed by atoms with Gasteiger partial charge in [-0.3, -0.25) is 4.79 Å². The van der Waals surface area contributed by atoms with Crippen LogP contribution in [0.25, 0.3) is 0 Å². The summed E-state index contributed by atoms with van der Waals surface area (Å²) in [5.74, 6) is -0.187. The van der Waals surface area contributed by atoms with Crippen molar-refractivity contribution in [2.45, 2.75) is 26.4 Å². The highest BCUT2D eigenvalue weighted by molar-refractivity contribution is 6.02. The van der Waals surface area contributed by atoms with Crippen LogP contribution < -0.4 is 9.47 Å². The molecular formula is C20H22O5. The van der Waals surface area contributed by atoms with Gasteiger partial charge in [-0.1, -0.05) is 37.3 Å². The first-order chi connectivity index (χ1) is 12.0. The number of ether oxygens (including phenoxy) is 3. The van der Waals surface area contributed by atoms with Crippen LogP contribution in [0.1, 0.15) is 40.1 Å². The number of carbonyl (C=O) groups is 2. The normalized spacial score (nSPS) is 11.5. The largest absolute Gasteiger partial charge is 0.493 e. The number of hydrogen-bond acceptors (Lipinski definition) is 5. The molecule has 0 radical (unpaired) electrons. The molecule has 0 bridgehead atoms. The van der Waals surface area contributed by atoms with E-state index in [1.165, 1.54) is 14.2 Å². The van der Waals surface area contributed by atoms with Crippen molar-refractivity contribution in [3.63, 3.8) is 0 Å². The molecule has 2 rings (SSSR count). The predicted molar refractivity (Wildman–Crippen MR) is 94.6 cm³/mol. The fourth-order valence-corrected chi connectivity index (χ4v) is 2.46. The predicted octanol–water partition coefficient (Wildman–Crippen LogP) is 3.69. The number of hydrogen-bond donors (Lipinski definition) is 0. The molecule has 2 aromatic carbocycles. The zero-order valence-corrected chi connectivity index (χ0v) is 14.9. The highest BCUT2D eigenvalue weighted by atomic mass is 16.6. The number of methoxy groups -OCH3 is 2. The van der Waals surface area contributed by atoms with Crippen molar-refractivity contribution < 1.29 is 23.8 Å². The van der Waals surface area contributed by atoms with Crippen LogP contribution in [0.3, 0.4) is 0 Å². The lowest BCUT2D eigenvalue weighted by atomic mass is 10.0. The molecular weight excluding hydrogens is 320 g/mol. The Morgan fingerprint density at radius 3 is 2.24 bits per heavy atom. The molecule has 0 aromatic heterocycles. The first kappa shape index (κ1) is 18.5. The van der Waals surface area contributed by atoms with E-state index in [9.17, 15) is 9.59 Å². The minimum atomic E-state index is -0.907. The van der Waals surface area contributed by atoms with E-state index in [1.807, 2.05) is 19.1 Å². The fraction of sp³-hybridized carbons (Fsp3) is 0.300. The first-order valence-corrected chi connectivity index (χ1v) is 8.06. The maximum absolute atomic E-state index is 12.5. The van der Waals surface area contributed by atoms with Crippen molar-refractivity contribution in [2.75, 3.05) is 14.2 Å². The summed E-state index contributed by atoms with van der Waals surface area (Å²) < 4.78 is 15.7. The fourth-order valence-electron chi connectivity index (χ4n) is 2.46. The van der Waals surface area contributed by atoms with Gasteiger partial charge < -0.3 is 14.2 Å². The molecule has 0 unspecified atom stereocenters. The monoisotopic (exact) mass is 342 g/mol. The summed E-state index contributed by atoms with van der Waals surface area (Å²) in [6.07, 6.45) is -0.00912. The first-order valence-electron chi connectivity index (χ1n) is 8.06. The lowest BCUT2D eigenvalue weighted by Crippen LogP contribution is -2.24. The van der Waals surface area contributed by atoms with Crippen LogP contribution in [0.4, 0.5) is 0 Å². The Morgan fingerprint density at radius 1 is 1.00 bits per heavy atom. The molecule has 5 heteroatoms. The van der Waals surface area contributed by atoms with Gasteiger partial charge in [0.05, 0.1) is 14.2 Å². The van der Waals surface area contributed by atoms with E-state index in [-0.39, 0.29) is 17.1 Å². The van der Waals surface area contributed by atoms with Gasteiger partial charge >= 0.3 is 5.97 Å². The number of para-hydroxylation sites is 1. The van der Waals surface area contributed by atoms with E-state index in [2.05, 4.69) is 0 Å². The molecule has 0 heterocycles. The Hall–Kier alpha value is -2.82. The quantitative estimate of drug-likeness (QED) is 0.567. The van der Waals surface area contributed by atoms with Crippen LogP contribution in [0.15, 0.2) is 42.5 Å². The van der Waals surface area contributed by atoms with E-state index in [0.717, 1.165) is 12.0 Å². The molecule has 0 aliphatic heterocycles. The Morgan fingerprint density at radius 2 is 1.68 bits per heavy atom. The molecule has 0 aliphatic carbocycles. The number of aryl methyl sites for hydroxylation is 1. The van der Waals surface area contributed by atoms with Crippen molar-refractivity contribution in [3.8, 4) is 11.5 Å². The van der Waals surface area contributed by atoms with Gasteiger partial charge in [-0.2, -0.15) is 0 Å². The zero-order chi connectivity index (χ0) is 18.4. The van der Waals surface area contributed by atoms with E-state index in [4.69, 9.17) is 14.2 Å². The van der Waals surface area contributed by atoms with Crippen molar-refractivity contribution in [1.29, 1.82) is 0 Å². The molecule has 132 valence electrons. The SMILES string of the molecule is CCc1ccc(C(=O)[C@@H](C)OC(=O)c2cccc(OC)c2OC)cc1. The zero-order valence-electron chi connectivity index (χ0n) is 14.9. The van der Waals surface area contributed by atoms with Gasteiger partial charge in [0.2, 0.25) is 5.78 Å². The molecule has 0 aliphatic rings. The highest BCUT2D eigenvalue weighted by Crippen LogP contribution is 2.31. The maximum Gasteiger partial charge on any atom is 0.342 e. The van der Waals surface area contributed by atoms with Crippen LogP contribution in [0.2, 0.25) is 0 Å². The molecule has 0 saturated heterocycles. The molecule has 0 spiro atoms. The lowest BCUT2D eigenvalue weighted by molar-refractivity contribution is 0.0315. The average Bonchev–Trinajstić information content (AvgIpc) is 2.66. The molecule has 5 nitrogen and oxygen atoms in total. The topological polar surface area (TPSA) is 61.8 Å². The van der Waals surface area contributed by atoms with Gasteiger partial charge in [-0.15, -0.1) is 0 Å². The molecule has 0 saturated carbocycles. The minimum Gasteiger partial charge on any atom is -0.493 e. The van der Waals surface area contributed by atoms with Crippen LogP contribution >= 0.6 is 0 Å². The van der Waals surface area contributed by atoms with Crippen molar-refractivity contribution >= 4 is 11.8 Å². The van der Waals surface area contributed by atoms with Crippen LogP contribution in [0.5, 0.6) is 11.5 Å². The summed E-state index contributed by atoms with van der Waals surface area (Å²) in [5, 5.41) is 0. The average molecular weight is 342 g/mol. The number of Topliss-reactive ketones (excluding diaryl/α,β-unsaturated/α-hetero) is 1. The Labute approximate surface area is 147 Å². The smallest absolute Gasteiger partial charge is 0.342 e. The van der Waals surface area contributed by atoms with Gasteiger partial charge in [0.25, 0.3) is 0 Å². The minimum absolute atomic E-state index is 0.211. The van der Waals surface area contributed by atoms with Gasteiger partial charge in [-0.25, -0.2) is 4.79 Å². The van der Waals surface area contributed by atoms with E-state index >= 15 is 0 Å². The van der Waals surface area contributed by atoms with Crippen LogP contribution in [-0.2, 0) is 11.2 Å². The molecule has 25 heavy (non-hydrogen) atoms. The number of benzene rings is 2. The second-order valence-electron chi connectivity index (χ2n) is 5.50. The summed E-state index contributed by atoms with van der Waals surface area (Å²) in [4.78, 5) is 24.9. The number of ketones is 1. The van der Waals surface area contributed by atoms with Crippen molar-refractivity contribution in [2.24, 2.45) is 0 Å². The van der Waals surface area contributed by atoms with Gasteiger partial charge in [0.1, 0.15) is 5.56 Å². The summed E-state index contributed by atoms with van der Waals surface area (Å²) in [6.45, 7) is 3.60. The molecule has 0 N–H and O–H groups in total. The van der Waals surface area contributed by atoms with E-state index in [0.29, 0.717) is 11.3 Å². The molecule has 2 aromatic rings. The third-order valence-electron chi connectivity index (χ3n) is 3.92. The van der Waals surface area contributed by atoms with Gasteiger partial charge in [0.15, 0.2) is 17.6 Å². The number of esters is 1. The van der Waals surface area contributed by atoms with Crippen LogP contribution in [-0.4, -0.2) is 32.1 Å². The molecule has 0 fully saturated rings. The standard InChI is InChI=1S/C20H22O5/c1-5-14-9-11-15(12-10-14)18(21)13(2)25-20(22)16-7-6-8-17(23-3)19(16)24-4/h6-13H,5H2,1-4H3/t13-/m1/s1. The number of carbonyl (C=O) groups excluding carboxylic acids is 2. The summed E-state index contributed by atoms with van der Waals surface area (Å²) in [6, 6.07) is 12.2. The molecule has 1 atom stereocenters. The maximum atomic E-state index is 12.5. The van der Waals surface area contributed by atoms with Gasteiger partial charge in [0, 0.05) is 5.56 Å². The summed E-state index contributed by atoms with van der Waals surface area (Å²) in [5.41, 5.74) is 1.86. The summed E-state index contributed by atoms with van der Waals surface area (Å²) >= 11 is 0. The molecule has 0 amide bonds.